The molecule has 2 heterocycles. The Kier molecular flexibility index (Phi) is 4.96. The first-order valence-electron chi connectivity index (χ1n) is 9.68. The third-order valence-corrected chi connectivity index (χ3v) is 11.0. The molecule has 6 heteroatoms. The molecule has 0 radical (unpaired) electrons. The predicted octanol–water partition coefficient (Wildman–Crippen LogP) is 2.70. The average Bonchev–Trinajstić information content (AvgIpc) is 3.39. The van der Waals surface area contributed by atoms with Crippen molar-refractivity contribution in [1.82, 2.24) is 0 Å². The fourth-order valence-electron chi connectivity index (χ4n) is 5.05. The minimum Gasteiger partial charge on any atom is -0.432 e. The van der Waals surface area contributed by atoms with E-state index in [1.165, 1.54) is 0 Å². The van der Waals surface area contributed by atoms with Gasteiger partial charge in [0.05, 0.1) is 24.4 Å². The van der Waals surface area contributed by atoms with Gasteiger partial charge in [0.2, 0.25) is 0 Å². The summed E-state index contributed by atoms with van der Waals surface area (Å²) >= 11 is 0. The van der Waals surface area contributed by atoms with Gasteiger partial charge in [-0.3, -0.25) is 0 Å². The Hall–Kier alpha value is 0.0169. The van der Waals surface area contributed by atoms with E-state index in [4.69, 9.17) is 14.2 Å². The van der Waals surface area contributed by atoms with Crippen LogP contribution in [0.2, 0.25) is 18.1 Å². The van der Waals surface area contributed by atoms with Crippen molar-refractivity contribution in [2.45, 2.75) is 88.0 Å². The average molecular weight is 373 g/mol. The molecule has 3 aliphatic rings. The van der Waals surface area contributed by atoms with E-state index < -0.39 is 8.32 Å². The molecule has 0 bridgehead atoms. The third kappa shape index (κ3) is 3.34. The topological polar surface area (TPSA) is 74.8 Å². The third-order valence-electron chi connectivity index (χ3n) is 7.50. The summed E-state index contributed by atoms with van der Waals surface area (Å²) < 4.78 is 18.1. The molecule has 2 saturated heterocycles. The summed E-state index contributed by atoms with van der Waals surface area (Å²) in [5, 5.41) is 9.24. The van der Waals surface area contributed by atoms with Crippen LogP contribution in [0.15, 0.2) is 0 Å². The zero-order valence-electron chi connectivity index (χ0n) is 16.7. The van der Waals surface area contributed by atoms with E-state index in [0.717, 1.165) is 25.9 Å². The summed E-state index contributed by atoms with van der Waals surface area (Å²) in [5.41, 5.74) is -0.374. The van der Waals surface area contributed by atoms with Crippen LogP contribution in [0.4, 0.5) is 0 Å². The Morgan fingerprint density at radius 1 is 1.32 bits per heavy atom. The minimum absolute atomic E-state index is 0.0658. The lowest BCUT2D eigenvalue weighted by Crippen LogP contribution is -2.54. The van der Waals surface area contributed by atoms with E-state index in [1.807, 2.05) is 13.1 Å². The van der Waals surface area contributed by atoms with Crippen LogP contribution in [0.1, 0.15) is 46.5 Å². The summed E-state index contributed by atoms with van der Waals surface area (Å²) in [6.07, 6.45) is 3.92. The van der Waals surface area contributed by atoms with Gasteiger partial charge in [0.15, 0.2) is 8.32 Å². The lowest BCUT2D eigenvalue weighted by molar-refractivity contribution is -0.0866. The standard InChI is InChI=1S/C19H36O5Si/c1-17(2,25(5,6)21)11-13-7-9-19(12-23-19)16(15(13)22-4)18(3)14(24-18)8-10-20/h13-16,20-21H,7-12H2,1-6H3/t13-,14+,15+,16+,18?,19-/m0/s1. The van der Waals surface area contributed by atoms with Crippen molar-refractivity contribution < 1.29 is 24.1 Å². The van der Waals surface area contributed by atoms with Gasteiger partial charge < -0.3 is 24.1 Å². The minimum atomic E-state index is -2.26. The van der Waals surface area contributed by atoms with Crippen LogP contribution < -0.4 is 0 Å². The highest BCUT2D eigenvalue weighted by molar-refractivity contribution is 6.72. The number of rotatable bonds is 7. The van der Waals surface area contributed by atoms with Gasteiger partial charge in [0.25, 0.3) is 0 Å². The number of hydrogen-bond acceptors (Lipinski definition) is 5. The SMILES string of the molecule is CO[C@@H]1[C@H](CC(C)(C)[Si](C)(C)O)CC[C@]2(CO2)[C@H]1C1(C)O[C@@H]1CCO. The monoisotopic (exact) mass is 372 g/mol. The second-order valence-electron chi connectivity index (χ2n) is 9.78. The zero-order valence-corrected chi connectivity index (χ0v) is 17.7. The molecule has 0 aromatic carbocycles. The van der Waals surface area contributed by atoms with E-state index in [-0.39, 0.29) is 41.0 Å². The van der Waals surface area contributed by atoms with Crippen molar-refractivity contribution in [2.75, 3.05) is 20.3 Å². The number of aliphatic hydroxyl groups is 1. The maximum absolute atomic E-state index is 10.7. The first kappa shape index (κ1) is 19.8. The van der Waals surface area contributed by atoms with Crippen molar-refractivity contribution in [3.63, 3.8) is 0 Å². The molecular formula is C19H36O5Si. The van der Waals surface area contributed by atoms with Gasteiger partial charge >= 0.3 is 0 Å². The molecule has 146 valence electrons. The van der Waals surface area contributed by atoms with E-state index >= 15 is 0 Å². The molecule has 1 unspecified atom stereocenters. The molecule has 0 aromatic rings. The second kappa shape index (κ2) is 6.28. The number of ether oxygens (including phenoxy) is 3. The maximum Gasteiger partial charge on any atom is 0.188 e. The summed E-state index contributed by atoms with van der Waals surface area (Å²) in [5.74, 6) is 0.592. The van der Waals surface area contributed by atoms with Crippen molar-refractivity contribution in [3.05, 3.63) is 0 Å². The van der Waals surface area contributed by atoms with Crippen LogP contribution in [-0.2, 0) is 14.2 Å². The number of hydrogen-bond donors (Lipinski definition) is 2. The fourth-order valence-corrected chi connectivity index (χ4v) is 5.81. The van der Waals surface area contributed by atoms with E-state index in [2.05, 4.69) is 20.8 Å². The quantitative estimate of drug-likeness (QED) is 0.531. The van der Waals surface area contributed by atoms with Gasteiger partial charge in [-0.05, 0) is 56.7 Å². The van der Waals surface area contributed by atoms with Crippen molar-refractivity contribution >= 4 is 8.32 Å². The molecule has 2 N–H and O–H groups in total. The lowest BCUT2D eigenvalue weighted by Gasteiger charge is -2.47. The van der Waals surface area contributed by atoms with Crippen LogP contribution >= 0.6 is 0 Å². The molecule has 0 aromatic heterocycles. The summed E-state index contributed by atoms with van der Waals surface area (Å²) in [4.78, 5) is 10.7. The highest BCUT2D eigenvalue weighted by atomic mass is 28.4. The fraction of sp³-hybridized carbons (Fsp3) is 1.00. The molecule has 0 amide bonds. The summed E-state index contributed by atoms with van der Waals surface area (Å²) in [6.45, 7) is 11.6. The highest BCUT2D eigenvalue weighted by Gasteiger charge is 2.71. The Balaban J connectivity index is 1.82. The number of aliphatic hydroxyl groups excluding tert-OH is 1. The van der Waals surface area contributed by atoms with Gasteiger partial charge in [0.1, 0.15) is 5.60 Å². The van der Waals surface area contributed by atoms with Crippen LogP contribution in [0.3, 0.4) is 0 Å². The zero-order chi connectivity index (χ0) is 18.7. The van der Waals surface area contributed by atoms with E-state index in [0.29, 0.717) is 12.3 Å². The molecule has 3 fully saturated rings. The van der Waals surface area contributed by atoms with Crippen LogP contribution in [0.25, 0.3) is 0 Å². The van der Waals surface area contributed by atoms with Crippen LogP contribution in [0.5, 0.6) is 0 Å². The molecule has 1 saturated carbocycles. The number of epoxide rings is 2. The van der Waals surface area contributed by atoms with Crippen molar-refractivity contribution in [3.8, 4) is 0 Å². The van der Waals surface area contributed by atoms with E-state index in [9.17, 15) is 9.90 Å². The molecule has 6 atom stereocenters. The Morgan fingerprint density at radius 2 is 1.96 bits per heavy atom. The molecule has 5 nitrogen and oxygen atoms in total. The predicted molar refractivity (Wildman–Crippen MR) is 99.0 cm³/mol. The van der Waals surface area contributed by atoms with E-state index in [1.54, 1.807) is 7.11 Å². The Morgan fingerprint density at radius 3 is 2.44 bits per heavy atom. The largest absolute Gasteiger partial charge is 0.432 e. The Labute approximate surface area is 153 Å². The first-order chi connectivity index (χ1) is 11.5. The van der Waals surface area contributed by atoms with Gasteiger partial charge in [-0.1, -0.05) is 13.8 Å². The molecule has 2 aliphatic heterocycles. The second-order valence-corrected chi connectivity index (χ2v) is 14.3. The van der Waals surface area contributed by atoms with Gasteiger partial charge in [-0.25, -0.2) is 0 Å². The Bertz CT molecular complexity index is 499. The van der Waals surface area contributed by atoms with Crippen LogP contribution in [0, 0.1) is 11.8 Å². The molecular weight excluding hydrogens is 336 g/mol. The normalized spacial score (nSPS) is 44.2. The molecule has 25 heavy (non-hydrogen) atoms. The lowest BCUT2D eigenvalue weighted by atomic mass is 9.64. The highest BCUT2D eigenvalue weighted by Crippen LogP contribution is 2.61. The molecule has 3 rings (SSSR count). The smallest absolute Gasteiger partial charge is 0.188 e. The maximum atomic E-state index is 10.7. The van der Waals surface area contributed by atoms with Crippen molar-refractivity contribution in [1.29, 1.82) is 0 Å². The molecule has 1 spiro atoms. The summed E-state index contributed by atoms with van der Waals surface area (Å²) in [6, 6.07) is 0. The van der Waals surface area contributed by atoms with Crippen molar-refractivity contribution in [2.24, 2.45) is 11.8 Å². The van der Waals surface area contributed by atoms with Gasteiger partial charge in [-0.2, -0.15) is 0 Å². The summed E-state index contributed by atoms with van der Waals surface area (Å²) in [7, 11) is -0.462. The molecule has 1 aliphatic carbocycles. The van der Waals surface area contributed by atoms with Crippen LogP contribution in [-0.4, -0.2) is 62.0 Å². The van der Waals surface area contributed by atoms with Gasteiger partial charge in [-0.15, -0.1) is 0 Å². The van der Waals surface area contributed by atoms with Gasteiger partial charge in [0, 0.05) is 19.6 Å². The first-order valence-corrected chi connectivity index (χ1v) is 12.6. The number of methoxy groups -OCH3 is 1.